The smallest absolute Gasteiger partial charge is 0.263 e. The first-order valence-electron chi connectivity index (χ1n) is 14.6. The molecule has 41 heavy (non-hydrogen) atoms. The van der Waals surface area contributed by atoms with Crippen LogP contribution >= 0.6 is 0 Å². The Morgan fingerprint density at radius 1 is 0.780 bits per heavy atom. The van der Waals surface area contributed by atoms with Crippen LogP contribution in [0.1, 0.15) is 64.2 Å². The van der Waals surface area contributed by atoms with Crippen LogP contribution < -0.4 is 10.0 Å². The van der Waals surface area contributed by atoms with Gasteiger partial charge in [-0.15, -0.1) is 0 Å². The van der Waals surface area contributed by atoms with E-state index in [4.69, 9.17) is 23.7 Å². The van der Waals surface area contributed by atoms with Gasteiger partial charge in [-0.05, 0) is 62.1 Å². The lowest BCUT2D eigenvalue weighted by Gasteiger charge is -2.36. The van der Waals surface area contributed by atoms with E-state index in [0.29, 0.717) is 5.69 Å². The van der Waals surface area contributed by atoms with Crippen LogP contribution in [0.4, 0.5) is 11.5 Å². The van der Waals surface area contributed by atoms with Gasteiger partial charge in [0.1, 0.15) is 24.1 Å². The summed E-state index contributed by atoms with van der Waals surface area (Å²) in [6, 6.07) is 10.9. The monoisotopic (exact) mass is 585 g/mol. The molecule has 2 N–H and O–H groups in total. The normalized spacial score (nSPS) is 31.9. The van der Waals surface area contributed by atoms with Crippen molar-refractivity contribution in [3.05, 3.63) is 48.7 Å². The molecule has 5 atom stereocenters. The number of hydrogen-bond donors (Lipinski definition) is 2. The molecule has 1 aromatic heterocycles. The number of pyridine rings is 1. The van der Waals surface area contributed by atoms with Gasteiger partial charge in [-0.2, -0.15) is 0 Å². The summed E-state index contributed by atoms with van der Waals surface area (Å²) in [5.74, 6) is -1.65. The number of ether oxygens (including phenoxy) is 5. The summed E-state index contributed by atoms with van der Waals surface area (Å²) < 4.78 is 60.3. The number of carbonyl (C=O) groups excluding carboxylic acids is 1. The molecule has 0 bridgehead atoms. The Hall–Kier alpha value is -2.61. The SMILES string of the molecule is O=C(Nc1ccc(S(=O)(=O)Nc2ccccn2)cc1)C1OC2OC3(CCCCC3)OC2C2OC3(CCCCC3)OC12. The molecule has 3 saturated heterocycles. The van der Waals surface area contributed by atoms with Gasteiger partial charge in [-0.25, -0.2) is 13.4 Å². The molecule has 0 radical (unpaired) electrons. The molecule has 5 unspecified atom stereocenters. The number of amides is 1. The third-order valence-electron chi connectivity index (χ3n) is 8.70. The van der Waals surface area contributed by atoms with E-state index in [9.17, 15) is 13.2 Å². The molecule has 2 aliphatic carbocycles. The van der Waals surface area contributed by atoms with Crippen LogP contribution in [0.2, 0.25) is 0 Å². The van der Waals surface area contributed by atoms with Gasteiger partial charge < -0.3 is 29.0 Å². The third kappa shape index (κ3) is 5.26. The van der Waals surface area contributed by atoms with Gasteiger partial charge in [0.15, 0.2) is 24.0 Å². The van der Waals surface area contributed by atoms with Crippen LogP contribution in [0, 0.1) is 0 Å². The summed E-state index contributed by atoms with van der Waals surface area (Å²) in [4.78, 5) is 17.7. The fraction of sp³-hybridized carbons (Fsp3) is 0.586. The first-order valence-corrected chi connectivity index (χ1v) is 16.0. The summed E-state index contributed by atoms with van der Waals surface area (Å²) in [5, 5.41) is 2.87. The van der Waals surface area contributed by atoms with E-state index >= 15 is 0 Å². The van der Waals surface area contributed by atoms with Crippen LogP contribution in [0.3, 0.4) is 0 Å². The van der Waals surface area contributed by atoms with Gasteiger partial charge >= 0.3 is 0 Å². The number of benzene rings is 1. The zero-order valence-electron chi connectivity index (χ0n) is 22.7. The molecule has 2 aromatic rings. The maximum Gasteiger partial charge on any atom is 0.263 e. The lowest BCUT2D eigenvalue weighted by Crippen LogP contribution is -2.58. The molecule has 11 nitrogen and oxygen atoms in total. The molecule has 5 aliphatic rings. The van der Waals surface area contributed by atoms with Gasteiger partial charge in [0.25, 0.3) is 15.9 Å². The van der Waals surface area contributed by atoms with Crippen molar-refractivity contribution in [2.75, 3.05) is 10.0 Å². The van der Waals surface area contributed by atoms with Crippen LogP contribution in [0.15, 0.2) is 53.6 Å². The van der Waals surface area contributed by atoms with E-state index in [-0.39, 0.29) is 10.7 Å². The fourth-order valence-electron chi connectivity index (χ4n) is 6.72. The van der Waals surface area contributed by atoms with Gasteiger partial charge in [0, 0.05) is 37.6 Å². The first-order chi connectivity index (χ1) is 19.8. The highest BCUT2D eigenvalue weighted by Gasteiger charge is 2.65. The number of nitrogens with one attached hydrogen (secondary N) is 2. The fourth-order valence-corrected chi connectivity index (χ4v) is 7.73. The third-order valence-corrected chi connectivity index (χ3v) is 10.1. The summed E-state index contributed by atoms with van der Waals surface area (Å²) in [6.45, 7) is 0. The van der Waals surface area contributed by atoms with E-state index in [1.54, 1.807) is 18.2 Å². The van der Waals surface area contributed by atoms with Crippen molar-refractivity contribution in [2.45, 2.75) is 111 Å². The summed E-state index contributed by atoms with van der Waals surface area (Å²) in [5.41, 5.74) is 0.424. The number of hydrogen-bond acceptors (Lipinski definition) is 9. The summed E-state index contributed by atoms with van der Waals surface area (Å²) in [7, 11) is -3.85. The van der Waals surface area contributed by atoms with Crippen molar-refractivity contribution < 1.29 is 36.9 Å². The Morgan fingerprint density at radius 2 is 1.41 bits per heavy atom. The van der Waals surface area contributed by atoms with Crippen molar-refractivity contribution in [1.29, 1.82) is 0 Å². The number of aromatic nitrogens is 1. The molecular formula is C29H35N3O8S. The predicted octanol–water partition coefficient (Wildman–Crippen LogP) is 4.07. The second-order valence-corrected chi connectivity index (χ2v) is 13.2. The molecule has 5 fully saturated rings. The number of rotatable bonds is 5. The van der Waals surface area contributed by atoms with E-state index in [0.717, 1.165) is 64.2 Å². The Labute approximate surface area is 239 Å². The standard InChI is InChI=1S/C29H35N3O8S/c33-26(31-19-10-12-20(13-11-19)41(34,35)32-21-9-3-8-18-30-21)24-22-23(38-28(37-22)14-4-1-5-15-28)25-27(36-24)40-29(39-25)16-6-2-7-17-29/h3,8-13,18,22-25,27H,1-2,4-7,14-17H2,(H,30,32)(H,31,33). The number of anilines is 2. The molecule has 7 rings (SSSR count). The quantitative estimate of drug-likeness (QED) is 0.533. The average Bonchev–Trinajstić information content (AvgIpc) is 3.51. The highest BCUT2D eigenvalue weighted by Crippen LogP contribution is 2.51. The Kier molecular flexibility index (Phi) is 7.03. The van der Waals surface area contributed by atoms with Gasteiger partial charge in [0.2, 0.25) is 0 Å². The van der Waals surface area contributed by atoms with Crippen molar-refractivity contribution in [1.82, 2.24) is 4.98 Å². The minimum Gasteiger partial charge on any atom is -0.341 e. The highest BCUT2D eigenvalue weighted by molar-refractivity contribution is 7.92. The Bertz CT molecular complexity index is 1360. The van der Waals surface area contributed by atoms with Gasteiger partial charge in [0.05, 0.1) is 4.90 Å². The maximum absolute atomic E-state index is 13.7. The zero-order valence-corrected chi connectivity index (χ0v) is 23.5. The Balaban J connectivity index is 1.09. The molecular weight excluding hydrogens is 550 g/mol. The molecule has 2 spiro atoms. The van der Waals surface area contributed by atoms with Crippen molar-refractivity contribution in [3.8, 4) is 0 Å². The predicted molar refractivity (Wildman–Crippen MR) is 146 cm³/mol. The molecule has 1 amide bonds. The van der Waals surface area contributed by atoms with Crippen LogP contribution in [-0.2, 0) is 38.5 Å². The van der Waals surface area contributed by atoms with Gasteiger partial charge in [-0.1, -0.05) is 18.9 Å². The zero-order chi connectivity index (χ0) is 28.1. The second-order valence-electron chi connectivity index (χ2n) is 11.6. The van der Waals surface area contributed by atoms with Crippen LogP contribution in [-0.4, -0.2) is 61.6 Å². The largest absolute Gasteiger partial charge is 0.341 e. The van der Waals surface area contributed by atoms with E-state index in [1.807, 2.05) is 0 Å². The molecule has 220 valence electrons. The number of fused-ring (bicyclic) bond motifs is 3. The summed E-state index contributed by atoms with van der Waals surface area (Å²) >= 11 is 0. The first kappa shape index (κ1) is 27.2. The van der Waals surface area contributed by atoms with Crippen molar-refractivity contribution in [2.24, 2.45) is 0 Å². The number of carbonyl (C=O) groups is 1. The molecule has 2 saturated carbocycles. The number of sulfonamides is 1. The maximum atomic E-state index is 13.7. The molecule has 12 heteroatoms. The molecule has 3 aliphatic heterocycles. The van der Waals surface area contributed by atoms with Crippen molar-refractivity contribution >= 4 is 27.4 Å². The minimum absolute atomic E-state index is 0.0408. The van der Waals surface area contributed by atoms with Crippen LogP contribution in [0.5, 0.6) is 0 Å². The molecule has 1 aromatic carbocycles. The lowest BCUT2D eigenvalue weighted by atomic mass is 9.94. The van der Waals surface area contributed by atoms with Gasteiger partial charge in [-0.3, -0.25) is 9.52 Å². The van der Waals surface area contributed by atoms with E-state index in [2.05, 4.69) is 15.0 Å². The minimum atomic E-state index is -3.85. The Morgan fingerprint density at radius 3 is 2.07 bits per heavy atom. The summed E-state index contributed by atoms with van der Waals surface area (Å²) in [6.07, 6.45) is 7.56. The molecule has 4 heterocycles. The van der Waals surface area contributed by atoms with Crippen molar-refractivity contribution in [3.63, 3.8) is 0 Å². The van der Waals surface area contributed by atoms with E-state index in [1.165, 1.54) is 30.5 Å². The lowest BCUT2D eigenvalue weighted by molar-refractivity contribution is -0.246. The van der Waals surface area contributed by atoms with E-state index < -0.39 is 58.2 Å². The average molecular weight is 586 g/mol. The second kappa shape index (κ2) is 10.6. The van der Waals surface area contributed by atoms with Crippen LogP contribution in [0.25, 0.3) is 0 Å². The topological polar surface area (TPSA) is 134 Å². The highest BCUT2D eigenvalue weighted by atomic mass is 32.2. The number of nitrogens with zero attached hydrogens (tertiary/aromatic N) is 1.